The number of Topliss-reactive ketones (excluding diaryl/α,β-unsaturated/α-hetero) is 1. The number of hydrogen-bond acceptors (Lipinski definition) is 5. The summed E-state index contributed by atoms with van der Waals surface area (Å²) in [6, 6.07) is 4.04. The minimum Gasteiger partial charge on any atom is -0.299 e. The quantitative estimate of drug-likeness (QED) is 0.414. The fourth-order valence-corrected chi connectivity index (χ4v) is 5.39. The van der Waals surface area contributed by atoms with Gasteiger partial charge in [0.2, 0.25) is 0 Å². The minimum absolute atomic E-state index is 0.0843. The highest BCUT2D eigenvalue weighted by molar-refractivity contribution is 7.86. The third-order valence-electron chi connectivity index (χ3n) is 5.14. The zero-order valence-electron chi connectivity index (χ0n) is 15.6. The van der Waals surface area contributed by atoms with E-state index in [4.69, 9.17) is 4.18 Å². The highest BCUT2D eigenvalue weighted by atomic mass is 32.2. The summed E-state index contributed by atoms with van der Waals surface area (Å²) in [5.41, 5.74) is 0. The van der Waals surface area contributed by atoms with Crippen LogP contribution in [-0.4, -0.2) is 26.1 Å². The Labute approximate surface area is 162 Å². The Bertz CT molecular complexity index is 566. The average molecular weight is 401 g/mol. The molecule has 148 valence electrons. The maximum atomic E-state index is 11.9. The van der Waals surface area contributed by atoms with Gasteiger partial charge in [-0.05, 0) is 49.3 Å². The summed E-state index contributed by atoms with van der Waals surface area (Å²) >= 11 is 1.71. The number of rotatable bonds is 9. The molecule has 2 fully saturated rings. The molecule has 1 aromatic heterocycles. The average Bonchev–Trinajstić information content (AvgIpc) is 3.36. The fraction of sp³-hybridized carbons (Fsp3) is 0.750. The molecular weight excluding hydrogens is 368 g/mol. The summed E-state index contributed by atoms with van der Waals surface area (Å²) in [6.07, 6.45) is 11.1. The summed E-state index contributed by atoms with van der Waals surface area (Å²) in [6.45, 7) is 0. The lowest BCUT2D eigenvalue weighted by atomic mass is 9.98. The van der Waals surface area contributed by atoms with Crippen LogP contribution in [0.5, 0.6) is 0 Å². The molecule has 0 atom stereocenters. The first-order valence-electron chi connectivity index (χ1n) is 9.98. The van der Waals surface area contributed by atoms with E-state index < -0.39 is 10.1 Å². The van der Waals surface area contributed by atoms with Crippen molar-refractivity contribution >= 4 is 27.2 Å². The number of ketones is 1. The van der Waals surface area contributed by atoms with Crippen LogP contribution >= 0.6 is 11.3 Å². The largest absolute Gasteiger partial charge is 0.299 e. The van der Waals surface area contributed by atoms with Gasteiger partial charge in [0.1, 0.15) is 5.78 Å². The lowest BCUT2D eigenvalue weighted by molar-refractivity contribution is -0.122. The van der Waals surface area contributed by atoms with E-state index in [-0.39, 0.29) is 11.9 Å². The Morgan fingerprint density at radius 3 is 2.12 bits per heavy atom. The van der Waals surface area contributed by atoms with Crippen LogP contribution in [0.1, 0.15) is 77.0 Å². The van der Waals surface area contributed by atoms with Gasteiger partial charge >= 0.3 is 0 Å². The highest BCUT2D eigenvalue weighted by Gasteiger charge is 2.23. The first-order valence-corrected chi connectivity index (χ1v) is 12.5. The van der Waals surface area contributed by atoms with Gasteiger partial charge in [0.05, 0.1) is 11.9 Å². The smallest absolute Gasteiger partial charge is 0.267 e. The van der Waals surface area contributed by atoms with Crippen LogP contribution in [0.2, 0.25) is 0 Å². The van der Waals surface area contributed by atoms with Crippen molar-refractivity contribution < 1.29 is 17.4 Å². The predicted molar refractivity (Wildman–Crippen MR) is 107 cm³/mol. The van der Waals surface area contributed by atoms with Gasteiger partial charge in [0.15, 0.2) is 0 Å². The molecule has 6 heteroatoms. The highest BCUT2D eigenvalue weighted by Crippen LogP contribution is 2.27. The van der Waals surface area contributed by atoms with E-state index in [1.807, 2.05) is 22.9 Å². The molecule has 2 saturated carbocycles. The second kappa shape index (κ2) is 11.9. The van der Waals surface area contributed by atoms with Gasteiger partial charge in [0.25, 0.3) is 10.1 Å². The van der Waals surface area contributed by atoms with Crippen LogP contribution < -0.4 is 0 Å². The maximum Gasteiger partial charge on any atom is 0.267 e. The van der Waals surface area contributed by atoms with Gasteiger partial charge in [-0.1, -0.05) is 44.2 Å². The van der Waals surface area contributed by atoms with Crippen LogP contribution in [0.15, 0.2) is 22.9 Å². The number of hydrogen-bond donors (Lipinski definition) is 0. The van der Waals surface area contributed by atoms with E-state index in [1.54, 1.807) is 11.3 Å². The van der Waals surface area contributed by atoms with Crippen molar-refractivity contribution in [2.45, 2.75) is 83.2 Å². The zero-order valence-corrected chi connectivity index (χ0v) is 17.2. The molecule has 2 aliphatic carbocycles. The van der Waals surface area contributed by atoms with E-state index >= 15 is 0 Å². The fourth-order valence-electron chi connectivity index (χ4n) is 3.67. The van der Waals surface area contributed by atoms with E-state index in [2.05, 4.69) is 0 Å². The maximum absolute atomic E-state index is 11.9. The third-order valence-corrected chi connectivity index (χ3v) is 7.12. The van der Waals surface area contributed by atoms with E-state index in [0.717, 1.165) is 51.4 Å². The van der Waals surface area contributed by atoms with Crippen LogP contribution in [0.3, 0.4) is 0 Å². The van der Waals surface area contributed by atoms with Crippen LogP contribution in [-0.2, 0) is 19.1 Å². The molecule has 3 rings (SSSR count). The SMILES string of the molecule is O=C(CCCCCS(=O)(=O)OC1CCCC1)C1CCCC1.c1ccsc1. The molecule has 1 aromatic rings. The molecule has 1 heterocycles. The van der Waals surface area contributed by atoms with Crippen molar-refractivity contribution in [3.05, 3.63) is 22.9 Å². The van der Waals surface area contributed by atoms with Gasteiger partial charge in [0, 0.05) is 12.3 Å². The Balaban J connectivity index is 0.000000417. The first-order chi connectivity index (χ1) is 12.6. The van der Waals surface area contributed by atoms with Crippen molar-refractivity contribution in [2.24, 2.45) is 5.92 Å². The number of thiophene rings is 1. The van der Waals surface area contributed by atoms with E-state index in [0.29, 0.717) is 24.5 Å². The predicted octanol–water partition coefficient (Wildman–Crippen LogP) is 5.34. The van der Waals surface area contributed by atoms with Crippen LogP contribution in [0.25, 0.3) is 0 Å². The first kappa shape index (κ1) is 21.6. The van der Waals surface area contributed by atoms with Crippen molar-refractivity contribution in [2.75, 3.05) is 5.75 Å². The van der Waals surface area contributed by atoms with Crippen molar-refractivity contribution in [1.29, 1.82) is 0 Å². The van der Waals surface area contributed by atoms with Gasteiger partial charge in [-0.2, -0.15) is 19.8 Å². The normalized spacial score (nSPS) is 18.6. The molecule has 0 N–H and O–H groups in total. The molecule has 26 heavy (non-hydrogen) atoms. The molecule has 0 unspecified atom stereocenters. The molecule has 0 amide bonds. The molecule has 0 bridgehead atoms. The van der Waals surface area contributed by atoms with Crippen molar-refractivity contribution in [3.63, 3.8) is 0 Å². The van der Waals surface area contributed by atoms with Crippen molar-refractivity contribution in [3.8, 4) is 0 Å². The molecule has 0 spiro atoms. The molecule has 4 nitrogen and oxygen atoms in total. The second-order valence-electron chi connectivity index (χ2n) is 7.32. The van der Waals surface area contributed by atoms with Crippen LogP contribution in [0, 0.1) is 5.92 Å². The Hall–Kier alpha value is -0.720. The van der Waals surface area contributed by atoms with E-state index in [9.17, 15) is 13.2 Å². The Kier molecular flexibility index (Phi) is 9.86. The second-order valence-corrected chi connectivity index (χ2v) is 9.85. The Morgan fingerprint density at radius 1 is 0.923 bits per heavy atom. The third kappa shape index (κ3) is 8.78. The van der Waals surface area contributed by atoms with E-state index in [1.165, 1.54) is 12.8 Å². The van der Waals surface area contributed by atoms with Gasteiger partial charge in [-0.3, -0.25) is 8.98 Å². The standard InChI is InChI=1S/C16H28O4S.C4H4S/c17-16(14-8-3-4-9-14)12-2-1-7-13-21(18,19)20-15-10-5-6-11-15;1-2-4-5-3-1/h14-15H,1-13H2;1-4H. The summed E-state index contributed by atoms with van der Waals surface area (Å²) in [5, 5.41) is 4.08. The molecule has 0 saturated heterocycles. The van der Waals surface area contributed by atoms with Gasteiger partial charge in [-0.15, -0.1) is 0 Å². The molecule has 0 aliphatic heterocycles. The number of carbonyl (C=O) groups excluding carboxylic acids is 1. The summed E-state index contributed by atoms with van der Waals surface area (Å²) in [4.78, 5) is 11.9. The van der Waals surface area contributed by atoms with Gasteiger partial charge < -0.3 is 0 Å². The molecule has 0 aromatic carbocycles. The summed E-state index contributed by atoms with van der Waals surface area (Å²) in [5.74, 6) is 0.776. The monoisotopic (exact) mass is 400 g/mol. The topological polar surface area (TPSA) is 60.4 Å². The summed E-state index contributed by atoms with van der Waals surface area (Å²) in [7, 11) is -3.37. The lowest BCUT2D eigenvalue weighted by Gasteiger charge is -2.11. The van der Waals surface area contributed by atoms with Crippen molar-refractivity contribution in [1.82, 2.24) is 0 Å². The molecule has 0 radical (unpaired) electrons. The Morgan fingerprint density at radius 2 is 1.54 bits per heavy atom. The summed E-state index contributed by atoms with van der Waals surface area (Å²) < 4.78 is 28.8. The minimum atomic E-state index is -3.37. The molecular formula is C20H32O4S2. The van der Waals surface area contributed by atoms with Crippen LogP contribution in [0.4, 0.5) is 0 Å². The lowest BCUT2D eigenvalue weighted by Crippen LogP contribution is -2.18. The van der Waals surface area contributed by atoms with Gasteiger partial charge in [-0.25, -0.2) is 0 Å². The number of unbranched alkanes of at least 4 members (excludes halogenated alkanes) is 2. The molecule has 2 aliphatic rings. The number of carbonyl (C=O) groups is 1. The zero-order chi connectivity index (χ0) is 18.7.